The topological polar surface area (TPSA) is 92.3 Å². The summed E-state index contributed by atoms with van der Waals surface area (Å²) >= 11 is 0. The molecule has 0 bridgehead atoms. The molecular weight excluding hydrogens is 519 g/mol. The first-order valence-electron chi connectivity index (χ1n) is 11.2. The molecule has 3 atom stereocenters. The van der Waals surface area contributed by atoms with E-state index in [2.05, 4.69) is 15.3 Å². The minimum atomic E-state index is -4.70. The molecule has 37 heavy (non-hydrogen) atoms. The fourth-order valence-electron chi connectivity index (χ4n) is 4.54. The van der Waals surface area contributed by atoms with Crippen LogP contribution in [0.5, 0.6) is 0 Å². The smallest absolute Gasteiger partial charge is 0.351 e. The Morgan fingerprint density at radius 3 is 2.35 bits per heavy atom. The summed E-state index contributed by atoms with van der Waals surface area (Å²) in [6.07, 6.45) is -2.08. The Bertz CT molecular complexity index is 1450. The van der Waals surface area contributed by atoms with Gasteiger partial charge in [0.2, 0.25) is 21.8 Å². The van der Waals surface area contributed by atoms with Crippen molar-refractivity contribution in [1.82, 2.24) is 19.6 Å². The maximum atomic E-state index is 14.5. The van der Waals surface area contributed by atoms with Crippen molar-refractivity contribution in [1.29, 1.82) is 0 Å². The van der Waals surface area contributed by atoms with Crippen molar-refractivity contribution in [3.05, 3.63) is 77.9 Å². The molecule has 194 valence electrons. The molecule has 0 radical (unpaired) electrons. The number of hydrogen-bond acceptors (Lipinski definition) is 5. The van der Waals surface area contributed by atoms with E-state index in [1.807, 2.05) is 0 Å². The molecule has 1 N–H and O–H groups in total. The van der Waals surface area contributed by atoms with Crippen LogP contribution in [0.2, 0.25) is 0 Å². The third-order valence-electron chi connectivity index (χ3n) is 6.53. The van der Waals surface area contributed by atoms with E-state index in [0.717, 1.165) is 47.0 Å². The first-order valence-corrected chi connectivity index (χ1v) is 12.6. The lowest BCUT2D eigenvalue weighted by Crippen LogP contribution is -2.48. The molecule has 2 aliphatic rings. The maximum Gasteiger partial charge on any atom is 0.451 e. The second-order valence-electron chi connectivity index (χ2n) is 8.95. The second-order valence-corrected chi connectivity index (χ2v) is 10.8. The van der Waals surface area contributed by atoms with E-state index in [-0.39, 0.29) is 40.9 Å². The van der Waals surface area contributed by atoms with Gasteiger partial charge in [-0.25, -0.2) is 27.2 Å². The van der Waals surface area contributed by atoms with E-state index in [9.17, 15) is 35.2 Å². The second kappa shape index (κ2) is 9.14. The Labute approximate surface area is 208 Å². The number of sulfonamides is 1. The number of nitrogens with one attached hydrogen (secondary N) is 1. The summed E-state index contributed by atoms with van der Waals surface area (Å²) in [7, 11) is -4.06. The molecule has 2 fully saturated rings. The normalized spacial score (nSPS) is 21.5. The van der Waals surface area contributed by atoms with Crippen molar-refractivity contribution in [2.24, 2.45) is 11.8 Å². The Hall–Kier alpha value is -3.45. The predicted molar refractivity (Wildman–Crippen MR) is 120 cm³/mol. The highest BCUT2D eigenvalue weighted by atomic mass is 32.2. The fraction of sp³-hybridized carbons (Fsp3) is 0.292. The van der Waals surface area contributed by atoms with E-state index >= 15 is 0 Å². The fourth-order valence-corrected chi connectivity index (χ4v) is 6.23. The number of carbonyl (C=O) groups excluding carboxylic acids is 1. The van der Waals surface area contributed by atoms with Gasteiger partial charge in [-0.2, -0.15) is 17.5 Å². The minimum Gasteiger partial charge on any atom is -0.351 e. The quantitative estimate of drug-likeness (QED) is 0.483. The van der Waals surface area contributed by atoms with Gasteiger partial charge in [0, 0.05) is 36.6 Å². The molecule has 7 nitrogen and oxygen atoms in total. The first kappa shape index (κ1) is 25.2. The van der Waals surface area contributed by atoms with Gasteiger partial charge >= 0.3 is 6.18 Å². The number of benzene rings is 2. The lowest BCUT2D eigenvalue weighted by atomic mass is 10.0. The lowest BCUT2D eigenvalue weighted by molar-refractivity contribution is -0.145. The highest BCUT2D eigenvalue weighted by Crippen LogP contribution is 2.51. The summed E-state index contributed by atoms with van der Waals surface area (Å²) in [5.74, 6) is -3.30. The molecule has 1 aromatic heterocycles. The molecule has 5 rings (SSSR count). The van der Waals surface area contributed by atoms with Crippen molar-refractivity contribution in [3.63, 3.8) is 0 Å². The molecule has 1 saturated carbocycles. The van der Waals surface area contributed by atoms with Crippen LogP contribution >= 0.6 is 0 Å². The molecule has 0 unspecified atom stereocenters. The molecule has 1 amide bonds. The van der Waals surface area contributed by atoms with Gasteiger partial charge in [0.25, 0.3) is 0 Å². The predicted octanol–water partition coefficient (Wildman–Crippen LogP) is 3.77. The van der Waals surface area contributed by atoms with Gasteiger partial charge in [0.05, 0.1) is 4.90 Å². The van der Waals surface area contributed by atoms with Crippen molar-refractivity contribution in [2.75, 3.05) is 6.54 Å². The van der Waals surface area contributed by atoms with E-state index < -0.39 is 45.6 Å². The van der Waals surface area contributed by atoms with Gasteiger partial charge in [-0.1, -0.05) is 6.07 Å². The van der Waals surface area contributed by atoms with Crippen LogP contribution in [0, 0.1) is 23.5 Å². The molecule has 3 aromatic rings. The number of aromatic nitrogens is 2. The van der Waals surface area contributed by atoms with Crippen molar-refractivity contribution in [2.45, 2.75) is 30.1 Å². The number of piperidine rings is 1. The van der Waals surface area contributed by atoms with Gasteiger partial charge < -0.3 is 5.32 Å². The number of alkyl halides is 3. The molecule has 13 heteroatoms. The molecule has 2 heterocycles. The summed E-state index contributed by atoms with van der Waals surface area (Å²) in [6.45, 7) is -0.126. The van der Waals surface area contributed by atoms with Crippen LogP contribution in [0.4, 0.5) is 22.0 Å². The van der Waals surface area contributed by atoms with Crippen LogP contribution in [0.15, 0.2) is 59.8 Å². The van der Waals surface area contributed by atoms with Gasteiger partial charge in [0.1, 0.15) is 17.7 Å². The van der Waals surface area contributed by atoms with E-state index in [1.165, 1.54) is 12.1 Å². The van der Waals surface area contributed by atoms with Crippen LogP contribution in [-0.2, 0) is 27.5 Å². The Morgan fingerprint density at radius 2 is 1.70 bits per heavy atom. The van der Waals surface area contributed by atoms with Crippen molar-refractivity contribution in [3.8, 4) is 11.1 Å². The third kappa shape index (κ3) is 4.92. The number of fused-ring (bicyclic) bond motifs is 1. The van der Waals surface area contributed by atoms with Crippen molar-refractivity contribution >= 4 is 15.9 Å². The largest absolute Gasteiger partial charge is 0.451 e. The summed E-state index contributed by atoms with van der Waals surface area (Å²) in [4.78, 5) is 19.5. The van der Waals surface area contributed by atoms with Gasteiger partial charge in [0.15, 0.2) is 0 Å². The molecule has 1 saturated heterocycles. The van der Waals surface area contributed by atoms with Crippen molar-refractivity contribution < 1.29 is 35.2 Å². The molecular formula is C24H19F5N4O3S. The minimum absolute atomic E-state index is 0.0331. The summed E-state index contributed by atoms with van der Waals surface area (Å²) in [5, 5.41) is 2.58. The van der Waals surface area contributed by atoms with Crippen LogP contribution in [-0.4, -0.2) is 41.2 Å². The SMILES string of the molecule is O=C(NCc1cc(-c2cnc(C(F)(F)F)nc2)ccc1F)[C@@H]1[C@H]2C[C@H]2CN1S(=O)(=O)c1ccc(F)cc1. The van der Waals surface area contributed by atoms with Gasteiger partial charge in [-0.05, 0) is 60.2 Å². The monoisotopic (exact) mass is 538 g/mol. The Kier molecular flexibility index (Phi) is 6.23. The van der Waals surface area contributed by atoms with E-state index in [4.69, 9.17) is 0 Å². The van der Waals surface area contributed by atoms with Gasteiger partial charge in [-0.15, -0.1) is 0 Å². The standard InChI is InChI=1S/C24H19F5N4O3S/c25-17-2-4-18(5-3-17)37(35,36)33-12-15-8-19(15)21(33)22(34)30-9-14-7-13(1-6-20(14)26)16-10-31-23(32-11-16)24(27,28)29/h1-7,10-11,15,19,21H,8-9,12H2,(H,30,34)/t15-,19-,21-/m0/s1. The number of carbonyl (C=O) groups is 1. The zero-order valence-corrected chi connectivity index (χ0v) is 19.7. The van der Waals surface area contributed by atoms with Crippen LogP contribution in [0.25, 0.3) is 11.1 Å². The molecule has 2 aromatic carbocycles. The van der Waals surface area contributed by atoms with Crippen LogP contribution in [0.1, 0.15) is 17.8 Å². The zero-order chi connectivity index (χ0) is 26.5. The molecule has 1 aliphatic carbocycles. The summed E-state index contributed by atoms with van der Waals surface area (Å²) < 4.78 is 93.2. The highest BCUT2D eigenvalue weighted by molar-refractivity contribution is 7.89. The Balaban J connectivity index is 1.32. The zero-order valence-electron chi connectivity index (χ0n) is 18.9. The number of rotatable bonds is 6. The average molecular weight is 538 g/mol. The first-order chi connectivity index (χ1) is 17.4. The van der Waals surface area contributed by atoms with E-state index in [1.54, 1.807) is 0 Å². The summed E-state index contributed by atoms with van der Waals surface area (Å²) in [6, 6.07) is 7.12. The number of halogens is 5. The average Bonchev–Trinajstić information content (AvgIpc) is 3.52. The lowest BCUT2D eigenvalue weighted by Gasteiger charge is -2.26. The van der Waals surface area contributed by atoms with E-state index in [0.29, 0.717) is 12.0 Å². The molecule has 0 spiro atoms. The number of hydrogen-bond donors (Lipinski definition) is 1. The number of amides is 1. The van der Waals surface area contributed by atoms with Gasteiger partial charge in [-0.3, -0.25) is 4.79 Å². The third-order valence-corrected chi connectivity index (χ3v) is 8.40. The summed E-state index contributed by atoms with van der Waals surface area (Å²) in [5.41, 5.74) is 0.598. The number of nitrogens with zero attached hydrogens (tertiary/aromatic N) is 3. The Morgan fingerprint density at radius 1 is 1.03 bits per heavy atom. The molecule has 1 aliphatic heterocycles. The maximum absolute atomic E-state index is 14.5. The van der Waals surface area contributed by atoms with Crippen LogP contribution < -0.4 is 5.32 Å². The van der Waals surface area contributed by atoms with Crippen LogP contribution in [0.3, 0.4) is 0 Å². The highest BCUT2D eigenvalue weighted by Gasteiger charge is 2.58.